The van der Waals surface area contributed by atoms with Gasteiger partial charge in [0, 0.05) is 38.4 Å². The van der Waals surface area contributed by atoms with E-state index in [-0.39, 0.29) is 5.56 Å². The second-order valence-corrected chi connectivity index (χ2v) is 7.46. The molecule has 3 heterocycles. The fourth-order valence-corrected chi connectivity index (χ4v) is 3.64. The van der Waals surface area contributed by atoms with Crippen LogP contribution in [0.25, 0.3) is 0 Å². The molecule has 0 N–H and O–H groups in total. The molecule has 0 bridgehead atoms. The van der Waals surface area contributed by atoms with Crippen molar-refractivity contribution in [1.29, 1.82) is 0 Å². The lowest BCUT2D eigenvalue weighted by Gasteiger charge is -2.31. The predicted octanol–water partition coefficient (Wildman–Crippen LogP) is 2.37. The van der Waals surface area contributed by atoms with Crippen LogP contribution in [0.3, 0.4) is 0 Å². The SMILES string of the molecule is Cc1ncc(CCN2CCC(Cn3cnc(C4CC4)cc3=O)CC2)o1. The summed E-state index contributed by atoms with van der Waals surface area (Å²) in [4.78, 5) is 23.4. The summed E-state index contributed by atoms with van der Waals surface area (Å²) in [5.74, 6) is 2.81. The number of rotatable bonds is 6. The van der Waals surface area contributed by atoms with Gasteiger partial charge in [0.05, 0.1) is 18.2 Å². The van der Waals surface area contributed by atoms with E-state index in [1.807, 2.05) is 13.1 Å². The van der Waals surface area contributed by atoms with Crippen molar-refractivity contribution in [3.63, 3.8) is 0 Å². The minimum Gasteiger partial charge on any atom is -0.446 e. The van der Waals surface area contributed by atoms with Crippen molar-refractivity contribution < 1.29 is 4.42 Å². The summed E-state index contributed by atoms with van der Waals surface area (Å²) < 4.78 is 7.33. The lowest BCUT2D eigenvalue weighted by molar-refractivity contribution is 0.172. The van der Waals surface area contributed by atoms with Gasteiger partial charge in [-0.1, -0.05) is 0 Å². The van der Waals surface area contributed by atoms with Crippen molar-refractivity contribution in [3.05, 3.63) is 46.3 Å². The van der Waals surface area contributed by atoms with Gasteiger partial charge in [0.1, 0.15) is 5.76 Å². The average Bonchev–Trinajstić information content (AvgIpc) is 3.38. The first-order valence-corrected chi connectivity index (χ1v) is 9.37. The van der Waals surface area contributed by atoms with Crippen molar-refractivity contribution in [3.8, 4) is 0 Å². The Morgan fingerprint density at radius 2 is 2.00 bits per heavy atom. The minimum atomic E-state index is 0.111. The Morgan fingerprint density at radius 3 is 2.64 bits per heavy atom. The van der Waals surface area contributed by atoms with E-state index in [1.165, 1.54) is 12.8 Å². The summed E-state index contributed by atoms with van der Waals surface area (Å²) in [7, 11) is 0. The van der Waals surface area contributed by atoms with Crippen molar-refractivity contribution in [2.24, 2.45) is 5.92 Å². The van der Waals surface area contributed by atoms with E-state index < -0.39 is 0 Å². The Bertz CT molecular complexity index is 770. The first-order valence-electron chi connectivity index (χ1n) is 9.37. The van der Waals surface area contributed by atoms with Crippen molar-refractivity contribution in [1.82, 2.24) is 19.4 Å². The van der Waals surface area contributed by atoms with Crippen LogP contribution in [0.5, 0.6) is 0 Å². The van der Waals surface area contributed by atoms with Crippen molar-refractivity contribution >= 4 is 0 Å². The third-order valence-corrected chi connectivity index (χ3v) is 5.40. The zero-order chi connectivity index (χ0) is 17.2. The van der Waals surface area contributed by atoms with Gasteiger partial charge < -0.3 is 9.32 Å². The van der Waals surface area contributed by atoms with Crippen LogP contribution in [0.1, 0.15) is 48.9 Å². The molecule has 2 aromatic rings. The van der Waals surface area contributed by atoms with E-state index in [9.17, 15) is 4.79 Å². The summed E-state index contributed by atoms with van der Waals surface area (Å²) in [6.45, 7) is 5.86. The van der Waals surface area contributed by atoms with Gasteiger partial charge in [0.15, 0.2) is 5.89 Å². The number of nitrogens with zero attached hydrogens (tertiary/aromatic N) is 4. The number of aromatic nitrogens is 3. The first-order chi connectivity index (χ1) is 12.2. The summed E-state index contributed by atoms with van der Waals surface area (Å²) >= 11 is 0. The Morgan fingerprint density at radius 1 is 1.20 bits per heavy atom. The Balaban J connectivity index is 1.25. The molecule has 25 heavy (non-hydrogen) atoms. The highest BCUT2D eigenvalue weighted by Gasteiger charge is 2.26. The minimum absolute atomic E-state index is 0.111. The molecule has 134 valence electrons. The van der Waals surface area contributed by atoms with Gasteiger partial charge in [0.25, 0.3) is 5.56 Å². The molecule has 2 fully saturated rings. The van der Waals surface area contributed by atoms with Crippen LogP contribution in [0.4, 0.5) is 0 Å². The monoisotopic (exact) mass is 342 g/mol. The zero-order valence-corrected chi connectivity index (χ0v) is 14.9. The molecule has 0 radical (unpaired) electrons. The van der Waals surface area contributed by atoms with E-state index in [4.69, 9.17) is 4.42 Å². The van der Waals surface area contributed by atoms with Gasteiger partial charge in [-0.2, -0.15) is 0 Å². The van der Waals surface area contributed by atoms with Gasteiger partial charge in [-0.3, -0.25) is 9.36 Å². The highest BCUT2D eigenvalue weighted by atomic mass is 16.4. The predicted molar refractivity (Wildman–Crippen MR) is 94.6 cm³/mol. The number of oxazole rings is 1. The molecule has 0 unspecified atom stereocenters. The van der Waals surface area contributed by atoms with Crippen LogP contribution in [0.2, 0.25) is 0 Å². The molecule has 2 aromatic heterocycles. The van der Waals surface area contributed by atoms with Crippen molar-refractivity contribution in [2.75, 3.05) is 19.6 Å². The normalized spacial score (nSPS) is 19.4. The fourth-order valence-electron chi connectivity index (χ4n) is 3.64. The third kappa shape index (κ3) is 4.18. The molecule has 1 aliphatic heterocycles. The topological polar surface area (TPSA) is 64.2 Å². The first kappa shape index (κ1) is 16.5. The zero-order valence-electron chi connectivity index (χ0n) is 14.9. The fraction of sp³-hybridized carbons (Fsp3) is 0.632. The molecule has 2 aliphatic rings. The molecule has 0 spiro atoms. The number of hydrogen-bond donors (Lipinski definition) is 0. The highest BCUT2D eigenvalue weighted by molar-refractivity contribution is 5.12. The second-order valence-electron chi connectivity index (χ2n) is 7.46. The maximum Gasteiger partial charge on any atom is 0.253 e. The summed E-state index contributed by atoms with van der Waals surface area (Å²) in [5, 5.41) is 0. The van der Waals surface area contributed by atoms with Crippen LogP contribution in [0.15, 0.2) is 27.8 Å². The molecular formula is C19H26N4O2. The molecule has 0 aromatic carbocycles. The molecule has 1 saturated carbocycles. The van der Waals surface area contributed by atoms with Gasteiger partial charge in [-0.15, -0.1) is 0 Å². The maximum atomic E-state index is 12.3. The Labute approximate surface area is 147 Å². The van der Waals surface area contributed by atoms with Crippen LogP contribution >= 0.6 is 0 Å². The van der Waals surface area contributed by atoms with Gasteiger partial charge >= 0.3 is 0 Å². The van der Waals surface area contributed by atoms with E-state index in [1.54, 1.807) is 17.0 Å². The molecule has 6 nitrogen and oxygen atoms in total. The van der Waals surface area contributed by atoms with E-state index in [0.717, 1.165) is 62.8 Å². The highest BCUT2D eigenvalue weighted by Crippen LogP contribution is 2.38. The molecule has 0 amide bonds. The summed E-state index contributed by atoms with van der Waals surface area (Å²) in [6, 6.07) is 1.74. The number of likely N-dealkylation sites (tertiary alicyclic amines) is 1. The second kappa shape index (κ2) is 7.12. The quantitative estimate of drug-likeness (QED) is 0.806. The Kier molecular flexibility index (Phi) is 4.70. The molecular weight excluding hydrogens is 316 g/mol. The molecule has 6 heteroatoms. The lowest BCUT2D eigenvalue weighted by atomic mass is 9.96. The smallest absolute Gasteiger partial charge is 0.253 e. The van der Waals surface area contributed by atoms with Crippen LogP contribution in [0, 0.1) is 12.8 Å². The number of aryl methyl sites for hydroxylation is 1. The lowest BCUT2D eigenvalue weighted by Crippen LogP contribution is -2.37. The molecule has 0 atom stereocenters. The molecule has 1 saturated heterocycles. The van der Waals surface area contributed by atoms with Gasteiger partial charge in [-0.05, 0) is 44.7 Å². The van der Waals surface area contributed by atoms with Crippen LogP contribution in [-0.2, 0) is 13.0 Å². The van der Waals surface area contributed by atoms with Crippen molar-refractivity contribution in [2.45, 2.75) is 51.5 Å². The largest absolute Gasteiger partial charge is 0.446 e. The van der Waals surface area contributed by atoms with Gasteiger partial charge in [0.2, 0.25) is 0 Å². The average molecular weight is 342 g/mol. The Hall–Kier alpha value is -1.95. The van der Waals surface area contributed by atoms with Crippen LogP contribution < -0.4 is 5.56 Å². The van der Waals surface area contributed by atoms with E-state index in [2.05, 4.69) is 14.9 Å². The van der Waals surface area contributed by atoms with E-state index in [0.29, 0.717) is 11.8 Å². The third-order valence-electron chi connectivity index (χ3n) is 5.40. The van der Waals surface area contributed by atoms with Gasteiger partial charge in [-0.25, -0.2) is 9.97 Å². The summed E-state index contributed by atoms with van der Waals surface area (Å²) in [5.41, 5.74) is 1.10. The van der Waals surface area contributed by atoms with Crippen LogP contribution in [-0.4, -0.2) is 39.1 Å². The molecule has 4 rings (SSSR count). The maximum absolute atomic E-state index is 12.3. The number of hydrogen-bond acceptors (Lipinski definition) is 5. The summed E-state index contributed by atoms with van der Waals surface area (Å²) in [6.07, 6.45) is 9.13. The standard InChI is InChI=1S/C19H26N4O2/c1-14-20-11-17(25-14)6-9-22-7-4-15(5-8-22)12-23-13-21-18(10-19(23)24)16-2-3-16/h10-11,13,15-16H,2-9,12H2,1H3. The number of piperidine rings is 1. The molecule has 1 aliphatic carbocycles. The van der Waals surface area contributed by atoms with E-state index >= 15 is 0 Å².